The highest BCUT2D eigenvalue weighted by Crippen LogP contribution is 2.11. The molecule has 0 aliphatic carbocycles. The second kappa shape index (κ2) is 7.53. The molecular formula is C13H22N4O. The average Bonchev–Trinajstić information content (AvgIpc) is 2.35. The monoisotopic (exact) mass is 250 g/mol. The standard InChI is InChI=1S/C13H22N4O/c1-4-5-6-9-14-13(18)16-11-7-8-12(15-10-11)17(2)3/h7-8,10H,4-6,9H2,1-3H3,(H2,14,16,18). The van der Waals surface area contributed by atoms with Crippen molar-refractivity contribution in [3.05, 3.63) is 18.3 Å². The van der Waals surface area contributed by atoms with Gasteiger partial charge in [0.15, 0.2) is 0 Å². The number of pyridine rings is 1. The summed E-state index contributed by atoms with van der Waals surface area (Å²) in [5, 5.41) is 5.57. The van der Waals surface area contributed by atoms with Crippen molar-refractivity contribution in [3.63, 3.8) is 0 Å². The van der Waals surface area contributed by atoms with E-state index >= 15 is 0 Å². The van der Waals surface area contributed by atoms with Gasteiger partial charge in [0.2, 0.25) is 0 Å². The molecule has 1 aromatic heterocycles. The molecule has 5 heteroatoms. The first kappa shape index (κ1) is 14.3. The number of unbranched alkanes of at least 4 members (excludes halogenated alkanes) is 2. The maximum absolute atomic E-state index is 11.5. The Morgan fingerprint density at radius 1 is 1.33 bits per heavy atom. The predicted molar refractivity (Wildman–Crippen MR) is 75.1 cm³/mol. The van der Waals surface area contributed by atoms with Crippen molar-refractivity contribution >= 4 is 17.5 Å². The zero-order valence-electron chi connectivity index (χ0n) is 11.4. The van der Waals surface area contributed by atoms with Crippen LogP contribution >= 0.6 is 0 Å². The summed E-state index contributed by atoms with van der Waals surface area (Å²) in [6.45, 7) is 2.85. The van der Waals surface area contributed by atoms with Crippen molar-refractivity contribution in [3.8, 4) is 0 Å². The highest BCUT2D eigenvalue weighted by Gasteiger charge is 2.02. The number of carbonyl (C=O) groups excluding carboxylic acids is 1. The van der Waals surface area contributed by atoms with Gasteiger partial charge in [-0.3, -0.25) is 0 Å². The molecule has 100 valence electrons. The molecule has 0 bridgehead atoms. The van der Waals surface area contributed by atoms with Crippen molar-refractivity contribution in [2.75, 3.05) is 30.9 Å². The Kier molecular flexibility index (Phi) is 5.97. The third-order valence-electron chi connectivity index (χ3n) is 2.53. The lowest BCUT2D eigenvalue weighted by Gasteiger charge is -2.12. The van der Waals surface area contributed by atoms with E-state index in [1.54, 1.807) is 6.20 Å². The van der Waals surface area contributed by atoms with Gasteiger partial charge in [-0.15, -0.1) is 0 Å². The minimum Gasteiger partial charge on any atom is -0.363 e. The summed E-state index contributed by atoms with van der Waals surface area (Å²) in [4.78, 5) is 17.7. The molecule has 0 saturated carbocycles. The van der Waals surface area contributed by atoms with Gasteiger partial charge in [-0.25, -0.2) is 9.78 Å². The molecule has 5 nitrogen and oxygen atoms in total. The fourth-order valence-electron chi connectivity index (χ4n) is 1.48. The summed E-state index contributed by atoms with van der Waals surface area (Å²) in [7, 11) is 3.85. The Bertz CT molecular complexity index is 362. The first-order chi connectivity index (χ1) is 8.63. The largest absolute Gasteiger partial charge is 0.363 e. The summed E-state index contributed by atoms with van der Waals surface area (Å²) in [5.74, 6) is 0.865. The molecule has 1 heterocycles. The van der Waals surface area contributed by atoms with E-state index in [1.165, 1.54) is 0 Å². The smallest absolute Gasteiger partial charge is 0.319 e. The molecule has 0 atom stereocenters. The zero-order chi connectivity index (χ0) is 13.4. The van der Waals surface area contributed by atoms with Crippen LogP contribution in [0.25, 0.3) is 0 Å². The van der Waals surface area contributed by atoms with Crippen LogP contribution in [0.2, 0.25) is 0 Å². The Labute approximate surface area is 109 Å². The van der Waals surface area contributed by atoms with Gasteiger partial charge >= 0.3 is 6.03 Å². The van der Waals surface area contributed by atoms with Crippen LogP contribution in [-0.2, 0) is 0 Å². The molecule has 0 unspecified atom stereocenters. The Morgan fingerprint density at radius 2 is 2.11 bits per heavy atom. The van der Waals surface area contributed by atoms with Crippen LogP contribution in [0.15, 0.2) is 18.3 Å². The highest BCUT2D eigenvalue weighted by molar-refractivity contribution is 5.89. The van der Waals surface area contributed by atoms with Crippen LogP contribution in [0.1, 0.15) is 26.2 Å². The van der Waals surface area contributed by atoms with Crippen LogP contribution < -0.4 is 15.5 Å². The summed E-state index contributed by atoms with van der Waals surface area (Å²) in [5.41, 5.74) is 0.702. The van der Waals surface area contributed by atoms with E-state index in [2.05, 4.69) is 22.5 Å². The molecule has 0 radical (unpaired) electrons. The van der Waals surface area contributed by atoms with Gasteiger partial charge in [0.25, 0.3) is 0 Å². The molecule has 1 aromatic rings. The number of nitrogens with one attached hydrogen (secondary N) is 2. The number of hydrogen-bond acceptors (Lipinski definition) is 3. The highest BCUT2D eigenvalue weighted by atomic mass is 16.2. The fraction of sp³-hybridized carbons (Fsp3) is 0.538. The lowest BCUT2D eigenvalue weighted by molar-refractivity contribution is 0.252. The van der Waals surface area contributed by atoms with Gasteiger partial charge in [0, 0.05) is 20.6 Å². The Morgan fingerprint density at radius 3 is 2.67 bits per heavy atom. The number of hydrogen-bond donors (Lipinski definition) is 2. The minimum atomic E-state index is -0.175. The van der Waals surface area contributed by atoms with E-state index in [1.807, 2.05) is 31.1 Å². The molecule has 2 amide bonds. The quantitative estimate of drug-likeness (QED) is 0.762. The summed E-state index contributed by atoms with van der Waals surface area (Å²) in [6.07, 6.45) is 4.96. The number of aromatic nitrogens is 1. The Balaban J connectivity index is 2.35. The van der Waals surface area contributed by atoms with Crippen LogP contribution in [-0.4, -0.2) is 31.7 Å². The molecule has 0 saturated heterocycles. The molecular weight excluding hydrogens is 228 g/mol. The van der Waals surface area contributed by atoms with Crippen LogP contribution in [0.4, 0.5) is 16.3 Å². The van der Waals surface area contributed by atoms with E-state index in [0.29, 0.717) is 12.2 Å². The average molecular weight is 250 g/mol. The van der Waals surface area contributed by atoms with Crippen LogP contribution in [0.3, 0.4) is 0 Å². The predicted octanol–water partition coefficient (Wildman–Crippen LogP) is 2.46. The van der Waals surface area contributed by atoms with Crippen molar-refractivity contribution in [1.29, 1.82) is 0 Å². The number of carbonyl (C=O) groups is 1. The van der Waals surface area contributed by atoms with Gasteiger partial charge in [-0.1, -0.05) is 19.8 Å². The first-order valence-electron chi connectivity index (χ1n) is 6.31. The number of rotatable bonds is 6. The molecule has 0 fully saturated rings. The van der Waals surface area contributed by atoms with Crippen molar-refractivity contribution in [1.82, 2.24) is 10.3 Å². The van der Waals surface area contributed by atoms with Gasteiger partial charge in [0.05, 0.1) is 11.9 Å². The summed E-state index contributed by atoms with van der Waals surface area (Å²) in [6, 6.07) is 3.53. The molecule has 0 spiro atoms. The van der Waals surface area contributed by atoms with E-state index < -0.39 is 0 Å². The second-order valence-corrected chi connectivity index (χ2v) is 4.39. The SMILES string of the molecule is CCCCCNC(=O)Nc1ccc(N(C)C)nc1. The van der Waals surface area contributed by atoms with Crippen LogP contribution in [0, 0.1) is 0 Å². The lowest BCUT2D eigenvalue weighted by Crippen LogP contribution is -2.29. The fourth-order valence-corrected chi connectivity index (χ4v) is 1.48. The number of anilines is 2. The maximum atomic E-state index is 11.5. The van der Waals surface area contributed by atoms with E-state index in [4.69, 9.17) is 0 Å². The van der Waals surface area contributed by atoms with Gasteiger partial charge in [-0.2, -0.15) is 0 Å². The third kappa shape index (κ3) is 5.03. The molecule has 18 heavy (non-hydrogen) atoms. The third-order valence-corrected chi connectivity index (χ3v) is 2.53. The van der Waals surface area contributed by atoms with Gasteiger partial charge in [-0.05, 0) is 18.6 Å². The Hall–Kier alpha value is -1.78. The minimum absolute atomic E-state index is 0.175. The molecule has 0 aliphatic heterocycles. The zero-order valence-corrected chi connectivity index (χ0v) is 11.4. The normalized spacial score (nSPS) is 9.94. The molecule has 0 aromatic carbocycles. The second-order valence-electron chi connectivity index (χ2n) is 4.39. The van der Waals surface area contributed by atoms with E-state index in [9.17, 15) is 4.79 Å². The van der Waals surface area contributed by atoms with Gasteiger partial charge in [0.1, 0.15) is 5.82 Å². The van der Waals surface area contributed by atoms with Crippen LogP contribution in [0.5, 0.6) is 0 Å². The topological polar surface area (TPSA) is 57.3 Å². The van der Waals surface area contributed by atoms with Crippen molar-refractivity contribution < 1.29 is 4.79 Å². The van der Waals surface area contributed by atoms with E-state index in [-0.39, 0.29) is 6.03 Å². The molecule has 0 aliphatic rings. The summed E-state index contributed by atoms with van der Waals surface area (Å²) >= 11 is 0. The number of urea groups is 1. The van der Waals surface area contributed by atoms with Crippen molar-refractivity contribution in [2.24, 2.45) is 0 Å². The summed E-state index contributed by atoms with van der Waals surface area (Å²) < 4.78 is 0. The lowest BCUT2D eigenvalue weighted by atomic mass is 10.2. The van der Waals surface area contributed by atoms with Crippen molar-refractivity contribution in [2.45, 2.75) is 26.2 Å². The molecule has 1 rings (SSSR count). The van der Waals surface area contributed by atoms with Gasteiger partial charge < -0.3 is 15.5 Å². The number of nitrogens with zero attached hydrogens (tertiary/aromatic N) is 2. The van der Waals surface area contributed by atoms with E-state index in [0.717, 1.165) is 25.1 Å². The number of amides is 2. The molecule has 2 N–H and O–H groups in total. The maximum Gasteiger partial charge on any atom is 0.319 e. The first-order valence-corrected chi connectivity index (χ1v) is 6.31.